The Morgan fingerprint density at radius 2 is 2.20 bits per heavy atom. The minimum atomic E-state index is -2.66. The molecule has 0 heterocycles. The summed E-state index contributed by atoms with van der Waals surface area (Å²) in [6.45, 7) is -0.860. The van der Waals surface area contributed by atoms with Crippen molar-refractivity contribution in [2.24, 2.45) is 0 Å². The zero-order chi connectivity index (χ0) is 11.4. The minimum absolute atomic E-state index is 0.157. The van der Waals surface area contributed by atoms with Crippen LogP contribution in [0.25, 0.3) is 0 Å². The minimum Gasteiger partial charge on any atom is -0.487 e. The van der Waals surface area contributed by atoms with Gasteiger partial charge in [-0.05, 0) is 18.2 Å². The number of aromatic carboxylic acids is 1. The van der Waals surface area contributed by atoms with Crippen LogP contribution in [0.15, 0.2) is 18.2 Å². The Labute approximate surface area is 89.2 Å². The van der Waals surface area contributed by atoms with Crippen LogP contribution in [0.2, 0.25) is 5.02 Å². The summed E-state index contributed by atoms with van der Waals surface area (Å²) in [6, 6.07) is 3.74. The molecule has 0 saturated carbocycles. The fraction of sp³-hybridized carbons (Fsp3) is 0.222. The quantitative estimate of drug-likeness (QED) is 0.874. The largest absolute Gasteiger partial charge is 0.487 e. The van der Waals surface area contributed by atoms with Crippen LogP contribution in [0.4, 0.5) is 8.78 Å². The fourth-order valence-corrected chi connectivity index (χ4v) is 1.11. The molecule has 0 atom stereocenters. The fourth-order valence-electron chi connectivity index (χ4n) is 0.945. The molecule has 0 fully saturated rings. The maximum absolute atomic E-state index is 11.8. The first kappa shape index (κ1) is 11.7. The van der Waals surface area contributed by atoms with Crippen LogP contribution < -0.4 is 4.74 Å². The van der Waals surface area contributed by atoms with Gasteiger partial charge in [0.15, 0.2) is 0 Å². The Bertz CT molecular complexity index is 368. The number of carbonyl (C=O) groups is 1. The van der Waals surface area contributed by atoms with Crippen molar-refractivity contribution < 1.29 is 23.4 Å². The van der Waals surface area contributed by atoms with Gasteiger partial charge in [-0.1, -0.05) is 11.6 Å². The first-order valence-corrected chi connectivity index (χ1v) is 4.32. The van der Waals surface area contributed by atoms with E-state index in [1.165, 1.54) is 18.2 Å². The lowest BCUT2D eigenvalue weighted by atomic mass is 10.2. The van der Waals surface area contributed by atoms with Gasteiger partial charge in [0.1, 0.15) is 17.9 Å². The third-order valence-electron chi connectivity index (χ3n) is 1.54. The lowest BCUT2D eigenvalue weighted by Gasteiger charge is -2.08. The van der Waals surface area contributed by atoms with Crippen LogP contribution in [0, 0.1) is 0 Å². The van der Waals surface area contributed by atoms with Gasteiger partial charge in [-0.25, -0.2) is 13.6 Å². The third-order valence-corrected chi connectivity index (χ3v) is 1.77. The molecule has 0 bridgehead atoms. The Hall–Kier alpha value is -1.36. The third kappa shape index (κ3) is 3.36. The molecular weight excluding hydrogens is 230 g/mol. The summed E-state index contributed by atoms with van der Waals surface area (Å²) >= 11 is 5.58. The second kappa shape index (κ2) is 4.93. The van der Waals surface area contributed by atoms with Crippen molar-refractivity contribution in [3.05, 3.63) is 28.8 Å². The number of hydrogen-bond donors (Lipinski definition) is 1. The van der Waals surface area contributed by atoms with Crippen molar-refractivity contribution in [3.8, 4) is 5.75 Å². The van der Waals surface area contributed by atoms with E-state index in [4.69, 9.17) is 16.7 Å². The van der Waals surface area contributed by atoms with Crippen molar-refractivity contribution in [2.45, 2.75) is 6.43 Å². The first-order chi connectivity index (χ1) is 7.00. The molecule has 15 heavy (non-hydrogen) atoms. The highest BCUT2D eigenvalue weighted by molar-refractivity contribution is 6.30. The summed E-state index contributed by atoms with van der Waals surface area (Å²) in [7, 11) is 0. The molecule has 0 saturated heterocycles. The van der Waals surface area contributed by atoms with E-state index >= 15 is 0 Å². The summed E-state index contributed by atoms with van der Waals surface area (Å²) in [5, 5.41) is 8.94. The van der Waals surface area contributed by atoms with Gasteiger partial charge in [0.2, 0.25) is 0 Å². The average molecular weight is 237 g/mol. The molecule has 1 rings (SSSR count). The van der Waals surface area contributed by atoms with E-state index < -0.39 is 19.0 Å². The molecule has 3 nitrogen and oxygen atoms in total. The van der Waals surface area contributed by atoms with E-state index in [0.717, 1.165) is 0 Å². The van der Waals surface area contributed by atoms with Gasteiger partial charge in [0.25, 0.3) is 6.43 Å². The van der Waals surface area contributed by atoms with Crippen LogP contribution in [-0.2, 0) is 0 Å². The van der Waals surface area contributed by atoms with Crippen molar-refractivity contribution in [1.29, 1.82) is 0 Å². The van der Waals surface area contributed by atoms with Crippen LogP contribution in [0.3, 0.4) is 0 Å². The van der Waals surface area contributed by atoms with E-state index in [-0.39, 0.29) is 16.3 Å². The molecule has 1 aromatic rings. The number of carboxylic acids is 1. The van der Waals surface area contributed by atoms with E-state index in [0.29, 0.717) is 0 Å². The molecule has 0 radical (unpaired) electrons. The number of benzene rings is 1. The van der Waals surface area contributed by atoms with Crippen LogP contribution >= 0.6 is 11.6 Å². The molecule has 1 N–H and O–H groups in total. The van der Waals surface area contributed by atoms with Gasteiger partial charge >= 0.3 is 5.97 Å². The molecule has 6 heteroatoms. The number of ether oxygens (including phenoxy) is 1. The highest BCUT2D eigenvalue weighted by Gasteiger charge is 2.13. The molecule has 0 spiro atoms. The average Bonchev–Trinajstić information content (AvgIpc) is 2.14. The van der Waals surface area contributed by atoms with Crippen LogP contribution in [0.1, 0.15) is 10.4 Å². The monoisotopic (exact) mass is 236 g/mol. The van der Waals surface area contributed by atoms with Crippen molar-refractivity contribution >= 4 is 17.6 Å². The second-order valence-corrected chi connectivity index (χ2v) is 3.08. The van der Waals surface area contributed by atoms with Crippen molar-refractivity contribution in [1.82, 2.24) is 0 Å². The zero-order valence-corrected chi connectivity index (χ0v) is 8.17. The molecule has 0 aliphatic carbocycles. The second-order valence-electron chi connectivity index (χ2n) is 2.65. The topological polar surface area (TPSA) is 46.5 Å². The summed E-state index contributed by atoms with van der Waals surface area (Å²) in [4.78, 5) is 10.7. The summed E-state index contributed by atoms with van der Waals surface area (Å²) in [5.41, 5.74) is -0.194. The van der Waals surface area contributed by atoms with Crippen LogP contribution in [-0.4, -0.2) is 24.1 Å². The Morgan fingerprint density at radius 1 is 1.53 bits per heavy atom. The number of hydrogen-bond acceptors (Lipinski definition) is 2. The van der Waals surface area contributed by atoms with Gasteiger partial charge in [0.05, 0.1) is 0 Å². The highest BCUT2D eigenvalue weighted by Crippen LogP contribution is 2.23. The normalized spacial score (nSPS) is 10.4. The van der Waals surface area contributed by atoms with E-state index in [1.54, 1.807) is 0 Å². The summed E-state index contributed by atoms with van der Waals surface area (Å²) in [6.07, 6.45) is -2.66. The zero-order valence-electron chi connectivity index (χ0n) is 7.41. The molecular formula is C9H7ClF2O3. The van der Waals surface area contributed by atoms with Gasteiger partial charge < -0.3 is 9.84 Å². The van der Waals surface area contributed by atoms with Gasteiger partial charge in [0, 0.05) is 5.02 Å². The van der Waals surface area contributed by atoms with E-state index in [1.807, 2.05) is 0 Å². The molecule has 0 aliphatic rings. The van der Waals surface area contributed by atoms with Gasteiger partial charge in [-0.3, -0.25) is 0 Å². The van der Waals surface area contributed by atoms with E-state index in [9.17, 15) is 13.6 Å². The molecule has 82 valence electrons. The molecule has 0 aliphatic heterocycles. The number of halogens is 3. The lowest BCUT2D eigenvalue weighted by Crippen LogP contribution is -2.10. The highest BCUT2D eigenvalue weighted by atomic mass is 35.5. The maximum atomic E-state index is 11.8. The van der Waals surface area contributed by atoms with Gasteiger partial charge in [-0.15, -0.1) is 0 Å². The SMILES string of the molecule is O=C(O)c1ccc(Cl)cc1OCC(F)F. The molecule has 1 aromatic carbocycles. The van der Waals surface area contributed by atoms with E-state index in [2.05, 4.69) is 4.74 Å². The molecule has 0 aromatic heterocycles. The number of alkyl halides is 2. The Morgan fingerprint density at radius 3 is 2.73 bits per heavy atom. The van der Waals surface area contributed by atoms with Crippen LogP contribution in [0.5, 0.6) is 5.75 Å². The number of rotatable bonds is 4. The predicted octanol–water partition coefficient (Wildman–Crippen LogP) is 2.68. The van der Waals surface area contributed by atoms with Crippen molar-refractivity contribution in [2.75, 3.05) is 6.61 Å². The first-order valence-electron chi connectivity index (χ1n) is 3.94. The molecule has 0 amide bonds. The summed E-state index contributed by atoms with van der Waals surface area (Å²) < 4.78 is 28.3. The standard InChI is InChI=1S/C9H7ClF2O3/c10-5-1-2-6(9(13)14)7(3-5)15-4-8(11)12/h1-3,8H,4H2,(H,13,14). The Balaban J connectivity index is 2.92. The maximum Gasteiger partial charge on any atom is 0.339 e. The van der Waals surface area contributed by atoms with Crippen molar-refractivity contribution in [3.63, 3.8) is 0 Å². The Kier molecular flexibility index (Phi) is 3.85. The summed E-state index contributed by atoms with van der Waals surface area (Å²) in [5.74, 6) is -1.41. The number of carboxylic acid groups (broad SMARTS) is 1. The lowest BCUT2D eigenvalue weighted by molar-refractivity contribution is 0.0664. The van der Waals surface area contributed by atoms with Gasteiger partial charge in [-0.2, -0.15) is 0 Å². The molecule has 0 unspecified atom stereocenters. The smallest absolute Gasteiger partial charge is 0.339 e. The predicted molar refractivity (Wildman–Crippen MR) is 49.9 cm³/mol.